The first-order valence-corrected chi connectivity index (χ1v) is 8.64. The maximum Gasteiger partial charge on any atom is 0.270 e. The highest BCUT2D eigenvalue weighted by atomic mass is 16.6. The summed E-state index contributed by atoms with van der Waals surface area (Å²) in [5.41, 5.74) is -0.227. The van der Waals surface area contributed by atoms with Crippen molar-refractivity contribution in [3.8, 4) is 0 Å². The lowest BCUT2D eigenvalue weighted by Gasteiger charge is -2.17. The zero-order valence-corrected chi connectivity index (χ0v) is 15.2. The number of imide groups is 1. The minimum absolute atomic E-state index is 0.0398. The van der Waals surface area contributed by atoms with Crippen molar-refractivity contribution in [2.75, 3.05) is 6.54 Å². The maximum absolute atomic E-state index is 12.4. The number of nitro groups is 1. The molecule has 1 aromatic rings. The highest BCUT2D eigenvalue weighted by Gasteiger charge is 2.37. The van der Waals surface area contributed by atoms with Crippen LogP contribution in [-0.4, -0.2) is 40.1 Å². The molecule has 0 bridgehead atoms. The lowest BCUT2D eigenvalue weighted by molar-refractivity contribution is -0.384. The first-order chi connectivity index (χ1) is 12.2. The molecule has 8 nitrogen and oxygen atoms in total. The number of nitro benzene ring substituents is 1. The number of fused-ring (bicyclic) bond motifs is 1. The second-order valence-corrected chi connectivity index (χ2v) is 6.98. The fourth-order valence-electron chi connectivity index (χ4n) is 2.90. The van der Waals surface area contributed by atoms with E-state index in [4.69, 9.17) is 0 Å². The molecule has 2 rings (SSSR count). The van der Waals surface area contributed by atoms with Gasteiger partial charge in [0.25, 0.3) is 17.5 Å². The Balaban J connectivity index is 1.97. The van der Waals surface area contributed by atoms with Crippen LogP contribution in [0.3, 0.4) is 0 Å². The highest BCUT2D eigenvalue weighted by Crippen LogP contribution is 2.26. The molecule has 8 heteroatoms. The fourth-order valence-corrected chi connectivity index (χ4v) is 2.90. The Hall–Kier alpha value is -2.77. The highest BCUT2D eigenvalue weighted by molar-refractivity contribution is 6.22. The Kier molecular flexibility index (Phi) is 6.07. The van der Waals surface area contributed by atoms with Crippen molar-refractivity contribution in [3.63, 3.8) is 0 Å². The molecule has 1 aliphatic heterocycles. The minimum atomic E-state index is -0.684. The van der Waals surface area contributed by atoms with Gasteiger partial charge in [-0.05, 0) is 25.3 Å². The summed E-state index contributed by atoms with van der Waals surface area (Å²) in [4.78, 5) is 47.8. The van der Waals surface area contributed by atoms with Gasteiger partial charge in [0, 0.05) is 18.2 Å². The standard InChI is InChI=1S/C18H23N3O5/c1-11(2)5-4-6-12(3)19-16(22)10-20-17(23)14-8-7-13(21(25)26)9-15(14)18(20)24/h7-9,11-12H,4-6,10H2,1-3H3,(H,19,22). The average molecular weight is 361 g/mol. The van der Waals surface area contributed by atoms with Crippen molar-refractivity contribution < 1.29 is 19.3 Å². The number of amides is 3. The van der Waals surface area contributed by atoms with E-state index in [1.54, 1.807) is 0 Å². The Morgan fingerprint density at radius 3 is 2.42 bits per heavy atom. The van der Waals surface area contributed by atoms with E-state index >= 15 is 0 Å². The molecular weight excluding hydrogens is 338 g/mol. The molecule has 140 valence electrons. The van der Waals surface area contributed by atoms with Crippen LogP contribution in [0.4, 0.5) is 5.69 Å². The number of hydrogen-bond acceptors (Lipinski definition) is 5. The zero-order chi connectivity index (χ0) is 19.4. The zero-order valence-electron chi connectivity index (χ0n) is 15.2. The molecule has 0 saturated carbocycles. The van der Waals surface area contributed by atoms with E-state index in [-0.39, 0.29) is 22.9 Å². The molecule has 1 aliphatic rings. The SMILES string of the molecule is CC(C)CCCC(C)NC(=O)CN1C(=O)c2ccc([N+](=O)[O-])cc2C1=O. The van der Waals surface area contributed by atoms with E-state index in [0.717, 1.165) is 30.2 Å². The summed E-state index contributed by atoms with van der Waals surface area (Å²) in [5, 5.41) is 13.6. The molecule has 0 radical (unpaired) electrons. The second kappa shape index (κ2) is 8.07. The van der Waals surface area contributed by atoms with E-state index in [0.29, 0.717) is 5.92 Å². The smallest absolute Gasteiger partial charge is 0.270 e. The Labute approximate surface area is 151 Å². The molecule has 26 heavy (non-hydrogen) atoms. The quantitative estimate of drug-likeness (QED) is 0.435. The van der Waals surface area contributed by atoms with Crippen LogP contribution >= 0.6 is 0 Å². The summed E-state index contributed by atoms with van der Waals surface area (Å²) >= 11 is 0. The van der Waals surface area contributed by atoms with Crippen molar-refractivity contribution in [1.82, 2.24) is 10.2 Å². The van der Waals surface area contributed by atoms with Gasteiger partial charge in [0.1, 0.15) is 6.54 Å². The van der Waals surface area contributed by atoms with Gasteiger partial charge < -0.3 is 5.32 Å². The Morgan fingerprint density at radius 2 is 1.81 bits per heavy atom. The number of nitrogens with one attached hydrogen (secondary N) is 1. The van der Waals surface area contributed by atoms with Gasteiger partial charge in [-0.1, -0.05) is 26.7 Å². The third-order valence-electron chi connectivity index (χ3n) is 4.29. The maximum atomic E-state index is 12.4. The first-order valence-electron chi connectivity index (χ1n) is 8.64. The van der Waals surface area contributed by atoms with Crippen molar-refractivity contribution in [2.24, 2.45) is 5.92 Å². The van der Waals surface area contributed by atoms with Crippen molar-refractivity contribution >= 4 is 23.4 Å². The van der Waals surface area contributed by atoms with Gasteiger partial charge in [0.2, 0.25) is 5.91 Å². The molecule has 3 amide bonds. The number of non-ortho nitro benzene ring substituents is 1. The van der Waals surface area contributed by atoms with E-state index in [2.05, 4.69) is 19.2 Å². The molecule has 0 aliphatic carbocycles. The van der Waals surface area contributed by atoms with Crippen LogP contribution in [0, 0.1) is 16.0 Å². The molecular formula is C18H23N3O5. The number of carbonyl (C=O) groups excluding carboxylic acids is 3. The molecule has 0 spiro atoms. The van der Waals surface area contributed by atoms with Crippen molar-refractivity contribution in [2.45, 2.75) is 46.1 Å². The van der Waals surface area contributed by atoms with Crippen LogP contribution in [0.1, 0.15) is 60.7 Å². The van der Waals surface area contributed by atoms with Crippen LogP contribution in [-0.2, 0) is 4.79 Å². The molecule has 0 saturated heterocycles. The molecule has 1 unspecified atom stereocenters. The summed E-state index contributed by atoms with van der Waals surface area (Å²) in [5.74, 6) is -1.12. The monoisotopic (exact) mass is 361 g/mol. The predicted molar refractivity (Wildman–Crippen MR) is 94.8 cm³/mol. The molecule has 1 heterocycles. The lowest BCUT2D eigenvalue weighted by Crippen LogP contribution is -2.43. The van der Waals surface area contributed by atoms with Gasteiger partial charge in [-0.25, -0.2) is 0 Å². The fraction of sp³-hybridized carbons (Fsp3) is 0.500. The topological polar surface area (TPSA) is 110 Å². The number of nitrogens with zero attached hydrogens (tertiary/aromatic N) is 2. The van der Waals surface area contributed by atoms with E-state index in [1.165, 1.54) is 12.1 Å². The van der Waals surface area contributed by atoms with E-state index in [9.17, 15) is 24.5 Å². The lowest BCUT2D eigenvalue weighted by atomic mass is 10.0. The van der Waals surface area contributed by atoms with Crippen LogP contribution in [0.5, 0.6) is 0 Å². The van der Waals surface area contributed by atoms with Gasteiger partial charge >= 0.3 is 0 Å². The van der Waals surface area contributed by atoms with Gasteiger partial charge in [0.15, 0.2) is 0 Å². The number of rotatable bonds is 8. The van der Waals surface area contributed by atoms with Crippen LogP contribution in [0.25, 0.3) is 0 Å². The molecule has 1 N–H and O–H groups in total. The normalized spacial score (nSPS) is 14.5. The average Bonchev–Trinajstić information content (AvgIpc) is 2.79. The summed E-state index contributed by atoms with van der Waals surface area (Å²) in [6, 6.07) is 3.43. The summed E-state index contributed by atoms with van der Waals surface area (Å²) in [6.07, 6.45) is 2.87. The van der Waals surface area contributed by atoms with E-state index < -0.39 is 29.2 Å². The Morgan fingerprint density at radius 1 is 1.15 bits per heavy atom. The predicted octanol–water partition coefficient (Wildman–Crippen LogP) is 2.52. The van der Waals surface area contributed by atoms with Crippen LogP contribution < -0.4 is 5.32 Å². The van der Waals surface area contributed by atoms with Gasteiger partial charge in [-0.2, -0.15) is 0 Å². The van der Waals surface area contributed by atoms with Crippen LogP contribution in [0.2, 0.25) is 0 Å². The van der Waals surface area contributed by atoms with Crippen LogP contribution in [0.15, 0.2) is 18.2 Å². The number of carbonyl (C=O) groups is 3. The second-order valence-electron chi connectivity index (χ2n) is 6.98. The largest absolute Gasteiger partial charge is 0.352 e. The van der Waals surface area contributed by atoms with Gasteiger partial charge in [-0.15, -0.1) is 0 Å². The van der Waals surface area contributed by atoms with Gasteiger partial charge in [-0.3, -0.25) is 29.4 Å². The summed E-state index contributed by atoms with van der Waals surface area (Å²) in [6.45, 7) is 5.75. The Bertz CT molecular complexity index is 744. The third-order valence-corrected chi connectivity index (χ3v) is 4.29. The molecule has 1 aromatic carbocycles. The minimum Gasteiger partial charge on any atom is -0.352 e. The summed E-state index contributed by atoms with van der Waals surface area (Å²) in [7, 11) is 0. The molecule has 0 aromatic heterocycles. The van der Waals surface area contributed by atoms with Crippen molar-refractivity contribution in [1.29, 1.82) is 0 Å². The van der Waals surface area contributed by atoms with Crippen molar-refractivity contribution in [3.05, 3.63) is 39.4 Å². The molecule has 0 fully saturated rings. The third kappa shape index (κ3) is 4.44. The summed E-state index contributed by atoms with van der Waals surface area (Å²) < 4.78 is 0. The number of hydrogen-bond donors (Lipinski definition) is 1. The first kappa shape index (κ1) is 19.6. The van der Waals surface area contributed by atoms with E-state index in [1.807, 2.05) is 6.92 Å². The number of benzene rings is 1. The van der Waals surface area contributed by atoms with Gasteiger partial charge in [0.05, 0.1) is 16.1 Å². The molecule has 1 atom stereocenters.